The predicted octanol–water partition coefficient (Wildman–Crippen LogP) is 0.535. The van der Waals surface area contributed by atoms with Crippen molar-refractivity contribution in [1.82, 2.24) is 5.32 Å². The molecule has 1 saturated carbocycles. The highest BCUT2D eigenvalue weighted by molar-refractivity contribution is 5.81. The molecule has 0 aromatic carbocycles. The molecule has 1 amide bonds. The first-order valence-corrected chi connectivity index (χ1v) is 5.81. The fourth-order valence-electron chi connectivity index (χ4n) is 2.42. The number of carboxylic acid groups (broad SMARTS) is 1. The Balaban J connectivity index is 1.78. The standard InChI is InChI=1S/C11H17NO4/c13-10(9-2-1-5-16-9)12-8-4-3-7(6-8)11(14)15/h7-9H,1-6H2,(H,12,13)(H,14,15)/t7?,8?,9-/m0/s1. The van der Waals surface area contributed by atoms with Crippen LogP contribution >= 0.6 is 0 Å². The Morgan fingerprint density at radius 1 is 1.25 bits per heavy atom. The van der Waals surface area contributed by atoms with Crippen LogP contribution in [-0.2, 0) is 14.3 Å². The molecular formula is C11H17NO4. The molecule has 0 spiro atoms. The molecule has 1 saturated heterocycles. The maximum atomic E-state index is 11.7. The van der Waals surface area contributed by atoms with Gasteiger partial charge in [-0.1, -0.05) is 0 Å². The number of carboxylic acids is 1. The quantitative estimate of drug-likeness (QED) is 0.737. The number of hydrogen-bond donors (Lipinski definition) is 2. The molecule has 2 rings (SSSR count). The molecule has 5 heteroatoms. The monoisotopic (exact) mass is 227 g/mol. The van der Waals surface area contributed by atoms with Crippen LogP contribution in [0.15, 0.2) is 0 Å². The lowest BCUT2D eigenvalue weighted by atomic mass is 10.1. The molecule has 0 bridgehead atoms. The second-order valence-corrected chi connectivity index (χ2v) is 4.56. The topological polar surface area (TPSA) is 75.6 Å². The number of hydrogen-bond acceptors (Lipinski definition) is 3. The van der Waals surface area contributed by atoms with Gasteiger partial charge in [-0.3, -0.25) is 9.59 Å². The molecule has 1 heterocycles. The van der Waals surface area contributed by atoms with Crippen molar-refractivity contribution in [3.05, 3.63) is 0 Å². The van der Waals surface area contributed by atoms with E-state index in [2.05, 4.69) is 5.32 Å². The molecule has 1 aliphatic carbocycles. The van der Waals surface area contributed by atoms with Crippen molar-refractivity contribution in [3.8, 4) is 0 Å². The van der Waals surface area contributed by atoms with E-state index in [0.717, 1.165) is 19.3 Å². The normalized spacial score (nSPS) is 33.9. The lowest BCUT2D eigenvalue weighted by Gasteiger charge is -2.15. The minimum Gasteiger partial charge on any atom is -0.481 e. The first kappa shape index (κ1) is 11.4. The smallest absolute Gasteiger partial charge is 0.306 e. The lowest BCUT2D eigenvalue weighted by molar-refractivity contribution is -0.141. The largest absolute Gasteiger partial charge is 0.481 e. The van der Waals surface area contributed by atoms with Crippen LogP contribution in [-0.4, -0.2) is 35.7 Å². The highest BCUT2D eigenvalue weighted by atomic mass is 16.5. The summed E-state index contributed by atoms with van der Waals surface area (Å²) in [7, 11) is 0. The number of amides is 1. The van der Waals surface area contributed by atoms with Crippen LogP contribution in [0.2, 0.25) is 0 Å². The SMILES string of the molecule is O=C(O)C1CCC(NC(=O)[C@@H]2CCCO2)C1. The summed E-state index contributed by atoms with van der Waals surface area (Å²) in [6.07, 6.45) is 3.36. The van der Waals surface area contributed by atoms with E-state index < -0.39 is 5.97 Å². The van der Waals surface area contributed by atoms with Crippen molar-refractivity contribution in [3.63, 3.8) is 0 Å². The molecule has 2 aliphatic rings. The van der Waals surface area contributed by atoms with Crippen LogP contribution in [0.3, 0.4) is 0 Å². The molecule has 3 atom stereocenters. The zero-order valence-corrected chi connectivity index (χ0v) is 9.15. The van der Waals surface area contributed by atoms with E-state index in [1.54, 1.807) is 0 Å². The fourth-order valence-corrected chi connectivity index (χ4v) is 2.42. The fraction of sp³-hybridized carbons (Fsp3) is 0.818. The highest BCUT2D eigenvalue weighted by Crippen LogP contribution is 2.26. The van der Waals surface area contributed by atoms with Crippen molar-refractivity contribution >= 4 is 11.9 Å². The van der Waals surface area contributed by atoms with E-state index in [0.29, 0.717) is 19.4 Å². The minimum absolute atomic E-state index is 0.0119. The van der Waals surface area contributed by atoms with Gasteiger partial charge in [-0.2, -0.15) is 0 Å². The maximum absolute atomic E-state index is 11.7. The highest BCUT2D eigenvalue weighted by Gasteiger charge is 2.32. The summed E-state index contributed by atoms with van der Waals surface area (Å²) in [5.41, 5.74) is 0. The second-order valence-electron chi connectivity index (χ2n) is 4.56. The van der Waals surface area contributed by atoms with Gasteiger partial charge in [0, 0.05) is 12.6 Å². The average molecular weight is 227 g/mol. The Morgan fingerprint density at radius 2 is 2.06 bits per heavy atom. The van der Waals surface area contributed by atoms with E-state index in [1.165, 1.54) is 0 Å². The summed E-state index contributed by atoms with van der Waals surface area (Å²) in [6, 6.07) is 0.0119. The third-order valence-electron chi connectivity index (χ3n) is 3.35. The molecule has 2 unspecified atom stereocenters. The number of ether oxygens (including phenoxy) is 1. The minimum atomic E-state index is -0.756. The Morgan fingerprint density at radius 3 is 2.62 bits per heavy atom. The number of aliphatic carboxylic acids is 1. The lowest BCUT2D eigenvalue weighted by Crippen LogP contribution is -2.40. The number of nitrogens with one attached hydrogen (secondary N) is 1. The maximum Gasteiger partial charge on any atom is 0.306 e. The van der Waals surface area contributed by atoms with Crippen LogP contribution in [0.1, 0.15) is 32.1 Å². The Hall–Kier alpha value is -1.10. The van der Waals surface area contributed by atoms with E-state index in [-0.39, 0.29) is 24.0 Å². The van der Waals surface area contributed by atoms with Crippen LogP contribution in [0.4, 0.5) is 0 Å². The average Bonchev–Trinajstić information content (AvgIpc) is 2.87. The molecule has 0 radical (unpaired) electrons. The van der Waals surface area contributed by atoms with Crippen LogP contribution < -0.4 is 5.32 Å². The van der Waals surface area contributed by atoms with Gasteiger partial charge in [0.25, 0.3) is 0 Å². The van der Waals surface area contributed by atoms with Crippen LogP contribution in [0.25, 0.3) is 0 Å². The molecule has 16 heavy (non-hydrogen) atoms. The zero-order chi connectivity index (χ0) is 11.5. The van der Waals surface area contributed by atoms with Gasteiger partial charge in [-0.25, -0.2) is 0 Å². The molecule has 0 aromatic heterocycles. The van der Waals surface area contributed by atoms with E-state index in [4.69, 9.17) is 9.84 Å². The molecule has 2 fully saturated rings. The third-order valence-corrected chi connectivity index (χ3v) is 3.35. The predicted molar refractivity (Wildman–Crippen MR) is 55.9 cm³/mol. The van der Waals surface area contributed by atoms with Gasteiger partial charge in [-0.15, -0.1) is 0 Å². The molecule has 90 valence electrons. The Labute approximate surface area is 94.2 Å². The van der Waals surface area contributed by atoms with Gasteiger partial charge in [-0.05, 0) is 32.1 Å². The number of carbonyl (C=O) groups is 2. The second kappa shape index (κ2) is 4.82. The van der Waals surface area contributed by atoms with Crippen molar-refractivity contribution in [2.45, 2.75) is 44.2 Å². The van der Waals surface area contributed by atoms with Gasteiger partial charge in [0.1, 0.15) is 6.10 Å². The number of carbonyl (C=O) groups excluding carboxylic acids is 1. The summed E-state index contributed by atoms with van der Waals surface area (Å²) in [6.45, 7) is 0.653. The van der Waals surface area contributed by atoms with Crippen LogP contribution in [0.5, 0.6) is 0 Å². The first-order valence-electron chi connectivity index (χ1n) is 5.81. The van der Waals surface area contributed by atoms with Gasteiger partial charge >= 0.3 is 5.97 Å². The van der Waals surface area contributed by atoms with Crippen molar-refractivity contribution in [2.24, 2.45) is 5.92 Å². The van der Waals surface area contributed by atoms with Gasteiger partial charge < -0.3 is 15.2 Å². The number of rotatable bonds is 3. The molecule has 0 aromatic rings. The van der Waals surface area contributed by atoms with E-state index in [9.17, 15) is 9.59 Å². The van der Waals surface area contributed by atoms with Gasteiger partial charge in [0.05, 0.1) is 5.92 Å². The molecule has 5 nitrogen and oxygen atoms in total. The van der Waals surface area contributed by atoms with E-state index in [1.807, 2.05) is 0 Å². The zero-order valence-electron chi connectivity index (χ0n) is 9.15. The van der Waals surface area contributed by atoms with Crippen molar-refractivity contribution in [1.29, 1.82) is 0 Å². The van der Waals surface area contributed by atoms with Gasteiger partial charge in [0.2, 0.25) is 5.91 Å². The summed E-state index contributed by atoms with van der Waals surface area (Å²) in [4.78, 5) is 22.4. The molecular weight excluding hydrogens is 210 g/mol. The third kappa shape index (κ3) is 2.52. The van der Waals surface area contributed by atoms with Crippen LogP contribution in [0, 0.1) is 5.92 Å². The molecule has 1 aliphatic heterocycles. The summed E-state index contributed by atoms with van der Waals surface area (Å²) in [5, 5.41) is 11.7. The molecule has 2 N–H and O–H groups in total. The summed E-state index contributed by atoms with van der Waals surface area (Å²) >= 11 is 0. The Bertz CT molecular complexity index is 286. The summed E-state index contributed by atoms with van der Waals surface area (Å²) < 4.78 is 5.27. The Kier molecular flexibility index (Phi) is 3.43. The first-order chi connectivity index (χ1) is 7.66. The van der Waals surface area contributed by atoms with Crippen molar-refractivity contribution < 1.29 is 19.4 Å². The van der Waals surface area contributed by atoms with Gasteiger partial charge in [0.15, 0.2) is 0 Å². The van der Waals surface area contributed by atoms with E-state index >= 15 is 0 Å². The van der Waals surface area contributed by atoms with Crippen molar-refractivity contribution in [2.75, 3.05) is 6.61 Å². The summed E-state index contributed by atoms with van der Waals surface area (Å²) in [5.74, 6) is -1.13.